The Labute approximate surface area is 158 Å². The van der Waals surface area contributed by atoms with Crippen LogP contribution < -0.4 is 5.73 Å². The Morgan fingerprint density at radius 1 is 1.33 bits per heavy atom. The van der Waals surface area contributed by atoms with Crippen molar-refractivity contribution in [2.75, 3.05) is 25.9 Å². The summed E-state index contributed by atoms with van der Waals surface area (Å²) in [5, 5.41) is 9.25. The van der Waals surface area contributed by atoms with E-state index in [2.05, 4.69) is 0 Å². The van der Waals surface area contributed by atoms with Crippen molar-refractivity contribution in [3.05, 3.63) is 41.2 Å². The molecule has 27 heavy (non-hydrogen) atoms. The summed E-state index contributed by atoms with van der Waals surface area (Å²) in [4.78, 5) is 12.3. The normalized spacial score (nSPS) is 11.4. The maximum atomic E-state index is 12.8. The van der Waals surface area contributed by atoms with Crippen LogP contribution in [0.5, 0.6) is 0 Å². The first kappa shape index (κ1) is 20.5. The number of nitrogen functional groups attached to an aromatic ring is 1. The molecule has 0 radical (unpaired) electrons. The first-order valence-corrected chi connectivity index (χ1v) is 9.77. The van der Waals surface area contributed by atoms with Crippen LogP contribution in [0.25, 0.3) is 5.69 Å². The molecule has 0 aliphatic rings. The Morgan fingerprint density at radius 3 is 2.48 bits per heavy atom. The molecule has 1 heterocycles. The maximum absolute atomic E-state index is 12.8. The highest BCUT2D eigenvalue weighted by molar-refractivity contribution is 7.89. The van der Waals surface area contributed by atoms with Gasteiger partial charge in [-0.2, -0.15) is 9.57 Å². The van der Waals surface area contributed by atoms with Gasteiger partial charge in [-0.1, -0.05) is 19.9 Å². The van der Waals surface area contributed by atoms with E-state index in [-0.39, 0.29) is 21.8 Å². The van der Waals surface area contributed by atoms with Gasteiger partial charge in [0.25, 0.3) is 0 Å². The Morgan fingerprint density at radius 2 is 1.96 bits per heavy atom. The van der Waals surface area contributed by atoms with E-state index >= 15 is 0 Å². The number of nitrogens with two attached hydrogens (primary N) is 1. The number of hydrogen-bond acceptors (Lipinski definition) is 6. The van der Waals surface area contributed by atoms with Crippen LogP contribution in [0.1, 0.15) is 35.5 Å². The lowest BCUT2D eigenvalue weighted by molar-refractivity contribution is 0.0593. The quantitative estimate of drug-likeness (QED) is 0.754. The molecule has 9 heteroatoms. The van der Waals surface area contributed by atoms with E-state index in [0.717, 1.165) is 0 Å². The van der Waals surface area contributed by atoms with Gasteiger partial charge in [-0.25, -0.2) is 13.2 Å². The molecule has 0 aliphatic heterocycles. The molecule has 144 valence electrons. The average Bonchev–Trinajstić information content (AvgIpc) is 2.98. The van der Waals surface area contributed by atoms with E-state index in [9.17, 15) is 18.5 Å². The highest BCUT2D eigenvalue weighted by atomic mass is 32.2. The molecule has 1 aromatic heterocycles. The van der Waals surface area contributed by atoms with Crippen LogP contribution in [0.3, 0.4) is 0 Å². The monoisotopic (exact) mass is 390 g/mol. The fraction of sp³-hybridized carbons (Fsp3) is 0.333. The van der Waals surface area contributed by atoms with E-state index in [1.54, 1.807) is 26.8 Å². The van der Waals surface area contributed by atoms with Gasteiger partial charge in [0.1, 0.15) is 6.07 Å². The van der Waals surface area contributed by atoms with E-state index in [4.69, 9.17) is 10.5 Å². The van der Waals surface area contributed by atoms with Gasteiger partial charge in [-0.05, 0) is 24.6 Å². The number of carbonyl (C=O) groups excluding carboxylic acids is 1. The standard InChI is InChI=1S/C18H22N4O4S/c1-5-21(6-2)27(24,25)14-8-7-12(3)15(9-14)22-11-13(10-19)16(20)17(22)18(23)26-4/h7-9,11H,5-6,20H2,1-4H3. The van der Waals surface area contributed by atoms with Crippen LogP contribution in [-0.2, 0) is 14.8 Å². The molecule has 2 aromatic rings. The molecular formula is C18H22N4O4S. The van der Waals surface area contributed by atoms with Crippen molar-refractivity contribution in [3.63, 3.8) is 0 Å². The molecule has 8 nitrogen and oxygen atoms in total. The topological polar surface area (TPSA) is 118 Å². The number of ether oxygens (including phenoxy) is 1. The number of methoxy groups -OCH3 is 1. The van der Waals surface area contributed by atoms with Crippen molar-refractivity contribution in [3.8, 4) is 11.8 Å². The van der Waals surface area contributed by atoms with Crippen LogP contribution in [0.2, 0.25) is 0 Å². The van der Waals surface area contributed by atoms with Crippen molar-refractivity contribution >= 4 is 21.7 Å². The van der Waals surface area contributed by atoms with E-state index in [0.29, 0.717) is 24.3 Å². The lowest BCUT2D eigenvalue weighted by Gasteiger charge is -2.20. The van der Waals surface area contributed by atoms with Crippen LogP contribution in [0.15, 0.2) is 29.3 Å². The lowest BCUT2D eigenvalue weighted by Crippen LogP contribution is -2.30. The minimum absolute atomic E-state index is 0.0132. The van der Waals surface area contributed by atoms with Crippen LogP contribution >= 0.6 is 0 Å². The van der Waals surface area contributed by atoms with Crippen LogP contribution in [0.4, 0.5) is 5.69 Å². The number of esters is 1. The zero-order valence-corrected chi connectivity index (χ0v) is 16.5. The third kappa shape index (κ3) is 3.54. The van der Waals surface area contributed by atoms with Crippen molar-refractivity contribution in [1.29, 1.82) is 5.26 Å². The molecule has 1 aromatic carbocycles. The molecule has 0 spiro atoms. The largest absolute Gasteiger partial charge is 0.464 e. The summed E-state index contributed by atoms with van der Waals surface area (Å²) >= 11 is 0. The van der Waals surface area contributed by atoms with E-state index in [1.165, 1.54) is 34.3 Å². The third-order valence-electron chi connectivity index (χ3n) is 4.33. The van der Waals surface area contributed by atoms with Gasteiger partial charge in [0.05, 0.1) is 28.9 Å². The fourth-order valence-electron chi connectivity index (χ4n) is 2.83. The molecule has 0 amide bonds. The first-order valence-electron chi connectivity index (χ1n) is 8.33. The zero-order valence-electron chi connectivity index (χ0n) is 15.7. The smallest absolute Gasteiger partial charge is 0.357 e. The molecule has 0 saturated heterocycles. The predicted molar refractivity (Wildman–Crippen MR) is 101 cm³/mol. The Kier molecular flexibility index (Phi) is 5.93. The number of nitrogens with zero attached hydrogens (tertiary/aromatic N) is 3. The minimum Gasteiger partial charge on any atom is -0.464 e. The number of rotatable bonds is 6. The number of hydrogen-bond donors (Lipinski definition) is 1. The number of benzene rings is 1. The first-order chi connectivity index (χ1) is 12.7. The van der Waals surface area contributed by atoms with Gasteiger partial charge in [-0.3, -0.25) is 0 Å². The Hall–Kier alpha value is -2.83. The number of anilines is 1. The predicted octanol–water partition coefficient (Wildman–Crippen LogP) is 2.06. The minimum atomic E-state index is -3.69. The molecule has 2 rings (SSSR count). The van der Waals surface area contributed by atoms with Gasteiger partial charge < -0.3 is 15.0 Å². The summed E-state index contributed by atoms with van der Waals surface area (Å²) in [6.45, 7) is 5.97. The van der Waals surface area contributed by atoms with Gasteiger partial charge in [-0.15, -0.1) is 0 Å². The molecule has 0 saturated carbocycles. The molecule has 2 N–H and O–H groups in total. The van der Waals surface area contributed by atoms with Crippen molar-refractivity contribution in [2.45, 2.75) is 25.7 Å². The molecule has 0 bridgehead atoms. The summed E-state index contributed by atoms with van der Waals surface area (Å²) in [5.41, 5.74) is 7.13. The number of nitriles is 1. The maximum Gasteiger partial charge on any atom is 0.357 e. The SMILES string of the molecule is CCN(CC)S(=O)(=O)c1ccc(C)c(-n2cc(C#N)c(N)c2C(=O)OC)c1. The zero-order chi connectivity index (χ0) is 20.4. The summed E-state index contributed by atoms with van der Waals surface area (Å²) < 4.78 is 33.2. The molecule has 0 aliphatic carbocycles. The summed E-state index contributed by atoms with van der Waals surface area (Å²) in [6, 6.07) is 6.56. The van der Waals surface area contributed by atoms with Gasteiger partial charge >= 0.3 is 5.97 Å². The second-order valence-electron chi connectivity index (χ2n) is 5.82. The van der Waals surface area contributed by atoms with E-state index < -0.39 is 16.0 Å². The van der Waals surface area contributed by atoms with E-state index in [1.807, 2.05) is 6.07 Å². The van der Waals surface area contributed by atoms with Crippen LogP contribution in [0, 0.1) is 18.3 Å². The number of carbonyl (C=O) groups is 1. The van der Waals surface area contributed by atoms with Gasteiger partial charge in [0.2, 0.25) is 10.0 Å². The average molecular weight is 390 g/mol. The highest BCUT2D eigenvalue weighted by Gasteiger charge is 2.26. The van der Waals surface area contributed by atoms with Gasteiger partial charge in [0.15, 0.2) is 5.69 Å². The van der Waals surface area contributed by atoms with Crippen molar-refractivity contribution in [1.82, 2.24) is 8.87 Å². The molecule has 0 atom stereocenters. The van der Waals surface area contributed by atoms with Crippen molar-refractivity contribution in [2.24, 2.45) is 0 Å². The molecular weight excluding hydrogens is 368 g/mol. The number of aromatic nitrogens is 1. The summed E-state index contributed by atoms with van der Waals surface area (Å²) in [5.74, 6) is -0.717. The highest BCUT2D eigenvalue weighted by Crippen LogP contribution is 2.28. The Balaban J connectivity index is 2.76. The summed E-state index contributed by atoms with van der Waals surface area (Å²) in [6.07, 6.45) is 1.40. The fourth-order valence-corrected chi connectivity index (χ4v) is 4.30. The van der Waals surface area contributed by atoms with Gasteiger partial charge in [0, 0.05) is 19.3 Å². The Bertz CT molecular complexity index is 1010. The second-order valence-corrected chi connectivity index (χ2v) is 7.75. The molecule has 0 unspecified atom stereocenters. The van der Waals surface area contributed by atoms with Crippen molar-refractivity contribution < 1.29 is 17.9 Å². The third-order valence-corrected chi connectivity index (χ3v) is 6.37. The number of sulfonamides is 1. The lowest BCUT2D eigenvalue weighted by atomic mass is 10.2. The summed E-state index contributed by atoms with van der Waals surface area (Å²) in [7, 11) is -2.48. The second kappa shape index (κ2) is 7.82. The van der Waals surface area contributed by atoms with Crippen LogP contribution in [-0.4, -0.2) is 43.5 Å². The number of aryl methyl sites for hydroxylation is 1. The molecule has 0 fully saturated rings.